The first-order chi connectivity index (χ1) is 8.24. The molecular weight excluding hydrogens is 214 g/mol. The predicted octanol–water partition coefficient (Wildman–Crippen LogP) is 0.259. The van der Waals surface area contributed by atoms with Crippen molar-refractivity contribution < 1.29 is 5.11 Å². The van der Waals surface area contributed by atoms with Crippen LogP contribution in [0.3, 0.4) is 0 Å². The Kier molecular flexibility index (Phi) is 3.39. The summed E-state index contributed by atoms with van der Waals surface area (Å²) in [6, 6.07) is 0.700. The van der Waals surface area contributed by atoms with Crippen LogP contribution in [0.15, 0.2) is 0 Å². The molecule has 2 saturated heterocycles. The van der Waals surface area contributed by atoms with Crippen molar-refractivity contribution in [2.75, 3.05) is 13.1 Å². The molecule has 5 atom stereocenters. The van der Waals surface area contributed by atoms with Crippen LogP contribution in [0.1, 0.15) is 38.5 Å². The van der Waals surface area contributed by atoms with Gasteiger partial charge in [0.05, 0.1) is 12.3 Å². The number of nitrogens with two attached hydrogens (primary N) is 1. The minimum absolute atomic E-state index is 0.197. The molecule has 0 aromatic heterocycles. The molecule has 1 saturated carbocycles. The molecule has 0 aromatic carbocycles. The van der Waals surface area contributed by atoms with Crippen molar-refractivity contribution in [2.24, 2.45) is 11.7 Å². The molecule has 4 N–H and O–H groups in total. The lowest BCUT2D eigenvalue weighted by atomic mass is 9.79. The van der Waals surface area contributed by atoms with E-state index < -0.39 is 0 Å². The molecule has 4 nitrogen and oxygen atoms in total. The summed E-state index contributed by atoms with van der Waals surface area (Å²) >= 11 is 0. The second-order valence-corrected chi connectivity index (χ2v) is 6.08. The first-order valence-corrected chi connectivity index (χ1v) is 7.18. The monoisotopic (exact) mass is 239 g/mol. The third kappa shape index (κ3) is 2.36. The van der Waals surface area contributed by atoms with Gasteiger partial charge in [0.1, 0.15) is 0 Å². The summed E-state index contributed by atoms with van der Waals surface area (Å²) in [5.74, 6) is 0.417. The summed E-state index contributed by atoms with van der Waals surface area (Å²) in [7, 11) is 0. The number of rotatable bonds is 1. The molecule has 17 heavy (non-hydrogen) atoms. The lowest BCUT2D eigenvalue weighted by molar-refractivity contribution is 0.0451. The van der Waals surface area contributed by atoms with Gasteiger partial charge in [-0.25, -0.2) is 0 Å². The molecule has 0 bridgehead atoms. The Hall–Kier alpha value is -0.160. The third-order valence-electron chi connectivity index (χ3n) is 4.88. The molecule has 0 spiro atoms. The van der Waals surface area contributed by atoms with E-state index in [0.717, 1.165) is 25.8 Å². The highest BCUT2D eigenvalue weighted by atomic mass is 16.3. The largest absolute Gasteiger partial charge is 0.393 e. The van der Waals surface area contributed by atoms with Gasteiger partial charge in [0.15, 0.2) is 0 Å². The standard InChI is InChI=1S/C13H25N3O/c14-9-4-5-10(12(17)7-9)11-8-16-6-2-1-3-13(16)15-11/h9-13,15,17H,1-8,14H2. The van der Waals surface area contributed by atoms with Crippen molar-refractivity contribution in [2.45, 2.75) is 62.9 Å². The van der Waals surface area contributed by atoms with E-state index in [9.17, 15) is 5.11 Å². The molecule has 2 heterocycles. The fourth-order valence-electron chi connectivity index (χ4n) is 3.88. The predicted molar refractivity (Wildman–Crippen MR) is 67.5 cm³/mol. The number of hydrogen-bond acceptors (Lipinski definition) is 4. The Balaban J connectivity index is 1.61. The average Bonchev–Trinajstić information content (AvgIpc) is 2.72. The third-order valence-corrected chi connectivity index (χ3v) is 4.88. The number of fused-ring (bicyclic) bond motifs is 1. The highest BCUT2D eigenvalue weighted by molar-refractivity contribution is 4.96. The van der Waals surface area contributed by atoms with Crippen LogP contribution >= 0.6 is 0 Å². The van der Waals surface area contributed by atoms with E-state index >= 15 is 0 Å². The Labute approximate surface area is 104 Å². The van der Waals surface area contributed by atoms with Gasteiger partial charge in [-0.05, 0) is 45.1 Å². The lowest BCUT2D eigenvalue weighted by Crippen LogP contribution is -2.47. The smallest absolute Gasteiger partial charge is 0.0600 e. The molecule has 5 unspecified atom stereocenters. The first kappa shape index (κ1) is 11.9. The van der Waals surface area contributed by atoms with E-state index in [1.807, 2.05) is 0 Å². The SMILES string of the molecule is NC1CCC(C2CN3CCCCC3N2)C(O)C1. The van der Waals surface area contributed by atoms with Crippen LogP contribution in [0.25, 0.3) is 0 Å². The minimum Gasteiger partial charge on any atom is -0.393 e. The summed E-state index contributed by atoms with van der Waals surface area (Å²) in [6.45, 7) is 2.36. The van der Waals surface area contributed by atoms with Gasteiger partial charge in [-0.2, -0.15) is 0 Å². The quantitative estimate of drug-likeness (QED) is 0.614. The van der Waals surface area contributed by atoms with E-state index in [4.69, 9.17) is 5.73 Å². The van der Waals surface area contributed by atoms with Gasteiger partial charge in [-0.3, -0.25) is 10.2 Å². The maximum atomic E-state index is 10.2. The van der Waals surface area contributed by atoms with Crippen LogP contribution in [-0.4, -0.2) is 47.4 Å². The van der Waals surface area contributed by atoms with Crippen LogP contribution in [0.5, 0.6) is 0 Å². The summed E-state index contributed by atoms with van der Waals surface area (Å²) in [6.07, 6.45) is 7.29. The van der Waals surface area contributed by atoms with Gasteiger partial charge in [-0.15, -0.1) is 0 Å². The normalized spacial score (nSPS) is 48.0. The second-order valence-electron chi connectivity index (χ2n) is 6.08. The van der Waals surface area contributed by atoms with Crippen LogP contribution in [0.2, 0.25) is 0 Å². The highest BCUT2D eigenvalue weighted by Crippen LogP contribution is 2.31. The summed E-state index contributed by atoms with van der Waals surface area (Å²) < 4.78 is 0. The van der Waals surface area contributed by atoms with Crippen LogP contribution in [-0.2, 0) is 0 Å². The maximum Gasteiger partial charge on any atom is 0.0600 e. The Morgan fingerprint density at radius 1 is 1.18 bits per heavy atom. The fraction of sp³-hybridized carbons (Fsp3) is 1.00. The van der Waals surface area contributed by atoms with E-state index in [1.54, 1.807) is 0 Å². The zero-order valence-corrected chi connectivity index (χ0v) is 10.5. The minimum atomic E-state index is -0.197. The van der Waals surface area contributed by atoms with Crippen molar-refractivity contribution in [3.63, 3.8) is 0 Å². The maximum absolute atomic E-state index is 10.2. The van der Waals surface area contributed by atoms with Gasteiger partial charge in [-0.1, -0.05) is 0 Å². The number of nitrogens with zero attached hydrogens (tertiary/aromatic N) is 1. The zero-order chi connectivity index (χ0) is 11.8. The van der Waals surface area contributed by atoms with Crippen LogP contribution < -0.4 is 11.1 Å². The van der Waals surface area contributed by atoms with Gasteiger partial charge in [0.2, 0.25) is 0 Å². The molecule has 0 radical (unpaired) electrons. The lowest BCUT2D eigenvalue weighted by Gasteiger charge is -2.35. The van der Waals surface area contributed by atoms with E-state index in [0.29, 0.717) is 18.1 Å². The van der Waals surface area contributed by atoms with Crippen molar-refractivity contribution >= 4 is 0 Å². The number of hydrogen-bond donors (Lipinski definition) is 3. The molecule has 1 aliphatic carbocycles. The molecular formula is C13H25N3O. The summed E-state index contributed by atoms with van der Waals surface area (Å²) in [5, 5.41) is 13.9. The Morgan fingerprint density at radius 3 is 2.82 bits per heavy atom. The van der Waals surface area contributed by atoms with E-state index in [-0.39, 0.29) is 12.1 Å². The first-order valence-electron chi connectivity index (χ1n) is 7.18. The molecule has 2 aliphatic heterocycles. The second kappa shape index (κ2) is 4.84. The van der Waals surface area contributed by atoms with Gasteiger partial charge >= 0.3 is 0 Å². The molecule has 0 aromatic rings. The fourth-order valence-corrected chi connectivity index (χ4v) is 3.88. The Morgan fingerprint density at radius 2 is 2.06 bits per heavy atom. The zero-order valence-electron chi connectivity index (χ0n) is 10.5. The molecule has 0 amide bonds. The highest BCUT2D eigenvalue weighted by Gasteiger charge is 2.40. The van der Waals surface area contributed by atoms with Crippen molar-refractivity contribution in [1.29, 1.82) is 0 Å². The van der Waals surface area contributed by atoms with Gasteiger partial charge in [0.25, 0.3) is 0 Å². The van der Waals surface area contributed by atoms with Crippen molar-refractivity contribution in [3.05, 3.63) is 0 Å². The van der Waals surface area contributed by atoms with Crippen LogP contribution in [0.4, 0.5) is 0 Å². The molecule has 3 rings (SSSR count). The van der Waals surface area contributed by atoms with Crippen molar-refractivity contribution in [1.82, 2.24) is 10.2 Å². The Bertz CT molecular complexity index is 259. The number of aliphatic hydroxyl groups is 1. The van der Waals surface area contributed by atoms with Crippen molar-refractivity contribution in [3.8, 4) is 0 Å². The molecule has 98 valence electrons. The summed E-state index contributed by atoms with van der Waals surface area (Å²) in [4.78, 5) is 2.56. The molecule has 4 heteroatoms. The molecule has 3 fully saturated rings. The topological polar surface area (TPSA) is 61.5 Å². The number of aliphatic hydroxyl groups excluding tert-OH is 1. The van der Waals surface area contributed by atoms with Gasteiger partial charge < -0.3 is 10.8 Å². The number of nitrogens with one attached hydrogen (secondary N) is 1. The average molecular weight is 239 g/mol. The van der Waals surface area contributed by atoms with E-state index in [1.165, 1.54) is 25.8 Å². The van der Waals surface area contributed by atoms with Crippen LogP contribution in [0, 0.1) is 5.92 Å². The van der Waals surface area contributed by atoms with Gasteiger partial charge in [0, 0.05) is 24.5 Å². The van der Waals surface area contributed by atoms with E-state index in [2.05, 4.69) is 10.2 Å². The molecule has 3 aliphatic rings. The summed E-state index contributed by atoms with van der Waals surface area (Å²) in [5.41, 5.74) is 5.91. The number of piperidine rings is 1.